The van der Waals surface area contributed by atoms with Gasteiger partial charge < -0.3 is 24.1 Å². The second-order valence-corrected chi connectivity index (χ2v) is 10.4. The van der Waals surface area contributed by atoms with Gasteiger partial charge in [0.1, 0.15) is 11.5 Å². The topological polar surface area (TPSA) is 108 Å². The molecule has 0 spiro atoms. The van der Waals surface area contributed by atoms with Crippen molar-refractivity contribution >= 4 is 17.9 Å². The fraction of sp³-hybridized carbons (Fsp3) is 0.324. The number of rotatable bonds is 14. The molecule has 0 heterocycles. The molecule has 42 heavy (non-hydrogen) atoms. The van der Waals surface area contributed by atoms with E-state index in [0.29, 0.717) is 30.1 Å². The highest BCUT2D eigenvalue weighted by atomic mass is 16.5. The van der Waals surface area contributed by atoms with Crippen molar-refractivity contribution in [3.05, 3.63) is 94.6 Å². The first-order valence-electron chi connectivity index (χ1n) is 14.0. The van der Waals surface area contributed by atoms with Crippen LogP contribution in [0.15, 0.2) is 66.7 Å². The smallest absolute Gasteiger partial charge is 0.343 e. The molecule has 0 aliphatic heterocycles. The molecule has 1 aliphatic carbocycles. The Hall–Kier alpha value is -4.43. The number of aromatic carboxylic acids is 1. The number of fused-ring (bicyclic) bond motifs is 3. The van der Waals surface area contributed by atoms with Crippen LogP contribution in [0.2, 0.25) is 0 Å². The molecule has 220 valence electrons. The first kappa shape index (κ1) is 30.5. The predicted octanol–water partition coefficient (Wildman–Crippen LogP) is 6.73. The van der Waals surface area contributed by atoms with Crippen molar-refractivity contribution in [1.82, 2.24) is 0 Å². The number of carboxylic acid groups (broad SMARTS) is 1. The first-order chi connectivity index (χ1) is 20.2. The maximum atomic E-state index is 13.0. The Bertz CT molecular complexity index is 1490. The van der Waals surface area contributed by atoms with Gasteiger partial charge in [-0.25, -0.2) is 14.4 Å². The van der Waals surface area contributed by atoms with Crippen molar-refractivity contribution in [3.63, 3.8) is 0 Å². The van der Waals surface area contributed by atoms with E-state index >= 15 is 0 Å². The molecule has 1 atom stereocenters. The van der Waals surface area contributed by atoms with Gasteiger partial charge in [-0.05, 0) is 103 Å². The molecule has 8 heteroatoms. The Morgan fingerprint density at radius 3 is 2.14 bits per heavy atom. The van der Waals surface area contributed by atoms with E-state index in [0.717, 1.165) is 59.3 Å². The minimum atomic E-state index is -0.963. The van der Waals surface area contributed by atoms with Gasteiger partial charge in [-0.2, -0.15) is 0 Å². The van der Waals surface area contributed by atoms with Crippen molar-refractivity contribution in [3.8, 4) is 22.6 Å². The summed E-state index contributed by atoms with van der Waals surface area (Å²) in [4.78, 5) is 36.1. The number of unbranched alkanes of at least 4 members (excludes halogenated alkanes) is 3. The quantitative estimate of drug-likeness (QED) is 0.0981. The highest BCUT2D eigenvalue weighted by Gasteiger charge is 2.27. The van der Waals surface area contributed by atoms with Crippen LogP contribution in [0.1, 0.15) is 75.9 Å². The van der Waals surface area contributed by atoms with Crippen molar-refractivity contribution in [2.24, 2.45) is 0 Å². The van der Waals surface area contributed by atoms with Crippen LogP contribution in [-0.2, 0) is 14.3 Å². The summed E-state index contributed by atoms with van der Waals surface area (Å²) in [5.41, 5.74) is 5.73. The lowest BCUT2D eigenvalue weighted by Crippen LogP contribution is -2.11. The average Bonchev–Trinajstić information content (AvgIpc) is 3.25. The molecule has 0 aromatic heterocycles. The third-order valence-electron chi connectivity index (χ3n) is 7.30. The average molecular weight is 573 g/mol. The Morgan fingerprint density at radius 1 is 0.857 bits per heavy atom. The normalized spacial score (nSPS) is 13.2. The van der Waals surface area contributed by atoms with Crippen LogP contribution in [0.4, 0.5) is 0 Å². The Morgan fingerprint density at radius 2 is 1.50 bits per heavy atom. The zero-order valence-electron chi connectivity index (χ0n) is 24.2. The van der Waals surface area contributed by atoms with Crippen molar-refractivity contribution in [1.29, 1.82) is 0 Å². The number of carbonyl (C=O) groups excluding carboxylic acids is 2. The molecule has 0 radical (unpaired) electrons. The molecule has 0 fully saturated rings. The summed E-state index contributed by atoms with van der Waals surface area (Å²) in [6.07, 6.45) is 3.49. The molecular weight excluding hydrogens is 536 g/mol. The fourth-order valence-electron chi connectivity index (χ4n) is 5.01. The van der Waals surface area contributed by atoms with E-state index in [4.69, 9.17) is 18.9 Å². The minimum absolute atomic E-state index is 0.0372. The predicted molar refractivity (Wildman–Crippen MR) is 158 cm³/mol. The van der Waals surface area contributed by atoms with Crippen molar-refractivity contribution < 1.29 is 38.4 Å². The number of benzene rings is 3. The van der Waals surface area contributed by atoms with Crippen LogP contribution in [0.25, 0.3) is 11.1 Å². The minimum Gasteiger partial charge on any atom is -0.493 e. The standard InChI is InChI=1S/C34H36O8/c1-21-17-26(11-14-31(21)40-15-7-5-6-8-16-41-33(37)22(2)20-39-4)42-34(38)25-10-13-28-27-12-9-24(32(35)36)18-29(27)23(3)30(28)19-25/h9-14,17-19,23H,2,5-8,15-16,20H2,1,3-4H3,(H,35,36). The molecule has 3 aromatic rings. The lowest BCUT2D eigenvalue weighted by atomic mass is 9.97. The number of hydrogen-bond donors (Lipinski definition) is 1. The van der Waals surface area contributed by atoms with Crippen LogP contribution in [0, 0.1) is 6.92 Å². The number of methoxy groups -OCH3 is 1. The molecule has 3 aromatic carbocycles. The summed E-state index contributed by atoms with van der Waals surface area (Å²) < 4.78 is 21.6. The van der Waals surface area contributed by atoms with Crippen molar-refractivity contribution in [2.45, 2.75) is 45.4 Å². The maximum absolute atomic E-state index is 13.0. The molecule has 1 aliphatic rings. The van der Waals surface area contributed by atoms with Gasteiger partial charge in [-0.1, -0.05) is 25.6 Å². The number of carboxylic acids is 1. The lowest BCUT2D eigenvalue weighted by Gasteiger charge is -2.12. The van der Waals surface area contributed by atoms with Gasteiger partial charge in [0.2, 0.25) is 0 Å². The third-order valence-corrected chi connectivity index (χ3v) is 7.30. The third kappa shape index (κ3) is 7.25. The van der Waals surface area contributed by atoms with Gasteiger partial charge in [0.25, 0.3) is 0 Å². The summed E-state index contributed by atoms with van der Waals surface area (Å²) in [6.45, 7) is 8.61. The number of ether oxygens (including phenoxy) is 4. The van der Waals surface area contributed by atoms with Gasteiger partial charge in [0.05, 0.1) is 36.5 Å². The van der Waals surface area contributed by atoms with Gasteiger partial charge in [-0.3, -0.25) is 0 Å². The second-order valence-electron chi connectivity index (χ2n) is 10.4. The number of aryl methyl sites for hydroxylation is 1. The van der Waals surface area contributed by atoms with Gasteiger partial charge >= 0.3 is 17.9 Å². The first-order valence-corrected chi connectivity index (χ1v) is 14.0. The van der Waals surface area contributed by atoms with Gasteiger partial charge in [0, 0.05) is 13.0 Å². The van der Waals surface area contributed by atoms with Crippen LogP contribution >= 0.6 is 0 Å². The fourth-order valence-corrected chi connectivity index (χ4v) is 5.01. The molecule has 1 N–H and O–H groups in total. The summed E-state index contributed by atoms with van der Waals surface area (Å²) in [5, 5.41) is 9.36. The molecule has 1 unspecified atom stereocenters. The zero-order chi connectivity index (χ0) is 30.2. The number of carbonyl (C=O) groups is 3. The highest BCUT2D eigenvalue weighted by Crippen LogP contribution is 2.45. The van der Waals surface area contributed by atoms with Gasteiger partial charge in [0.15, 0.2) is 0 Å². The largest absolute Gasteiger partial charge is 0.493 e. The molecular formula is C34H36O8. The van der Waals surface area contributed by atoms with E-state index in [-0.39, 0.29) is 18.1 Å². The summed E-state index contributed by atoms with van der Waals surface area (Å²) in [6, 6.07) is 15.9. The highest BCUT2D eigenvalue weighted by molar-refractivity contribution is 5.94. The van der Waals surface area contributed by atoms with Crippen molar-refractivity contribution in [2.75, 3.05) is 26.9 Å². The van der Waals surface area contributed by atoms with E-state index in [1.807, 2.05) is 32.0 Å². The van der Waals surface area contributed by atoms with Crippen LogP contribution < -0.4 is 9.47 Å². The molecule has 0 saturated heterocycles. The Balaban J connectivity index is 1.24. The molecule has 0 amide bonds. The van der Waals surface area contributed by atoms with Crippen LogP contribution in [0.5, 0.6) is 11.5 Å². The molecule has 0 bridgehead atoms. The van der Waals surface area contributed by atoms with Crippen LogP contribution in [0.3, 0.4) is 0 Å². The summed E-state index contributed by atoms with van der Waals surface area (Å²) in [5.74, 6) is -0.732. The maximum Gasteiger partial charge on any atom is 0.343 e. The SMILES string of the molecule is C=C(COC)C(=O)OCCCCCCOc1ccc(OC(=O)c2ccc3c(c2)C(C)c2cc(C(=O)O)ccc2-3)cc1C. The Kier molecular flexibility index (Phi) is 10.1. The zero-order valence-corrected chi connectivity index (χ0v) is 24.2. The number of esters is 2. The lowest BCUT2D eigenvalue weighted by molar-refractivity contribution is -0.139. The van der Waals surface area contributed by atoms with E-state index in [1.54, 1.807) is 36.4 Å². The molecule has 4 rings (SSSR count). The summed E-state index contributed by atoms with van der Waals surface area (Å²) in [7, 11) is 1.50. The van der Waals surface area contributed by atoms with E-state index in [2.05, 4.69) is 6.58 Å². The van der Waals surface area contributed by atoms with E-state index < -0.39 is 17.9 Å². The summed E-state index contributed by atoms with van der Waals surface area (Å²) >= 11 is 0. The molecule has 0 saturated carbocycles. The Labute approximate surface area is 245 Å². The van der Waals surface area contributed by atoms with E-state index in [1.165, 1.54) is 7.11 Å². The van der Waals surface area contributed by atoms with Gasteiger partial charge in [-0.15, -0.1) is 0 Å². The van der Waals surface area contributed by atoms with Crippen LogP contribution in [-0.4, -0.2) is 49.9 Å². The van der Waals surface area contributed by atoms with E-state index in [9.17, 15) is 19.5 Å². The molecule has 8 nitrogen and oxygen atoms in total. The second kappa shape index (κ2) is 14.0. The number of hydrogen-bond acceptors (Lipinski definition) is 7. The monoisotopic (exact) mass is 572 g/mol.